The summed E-state index contributed by atoms with van der Waals surface area (Å²) in [7, 11) is 1.67. The van der Waals surface area contributed by atoms with Gasteiger partial charge < -0.3 is 15.4 Å². The molecule has 0 atom stereocenters. The van der Waals surface area contributed by atoms with Crippen LogP contribution in [0, 0.1) is 0 Å². The Hall–Kier alpha value is -1.81. The van der Waals surface area contributed by atoms with Gasteiger partial charge in [0.15, 0.2) is 0 Å². The Labute approximate surface area is 120 Å². The zero-order valence-corrected chi connectivity index (χ0v) is 11.9. The average Bonchev–Trinajstić information content (AvgIpc) is 2.88. The molecule has 1 aliphatic carbocycles. The predicted molar refractivity (Wildman–Crippen MR) is 81.8 cm³/mol. The summed E-state index contributed by atoms with van der Waals surface area (Å²) < 4.78 is 5.26. The van der Waals surface area contributed by atoms with Crippen LogP contribution in [0.3, 0.4) is 0 Å². The number of carbonyl (C=O) groups is 1. The molecule has 1 fully saturated rings. The van der Waals surface area contributed by atoms with Crippen molar-refractivity contribution in [2.24, 2.45) is 0 Å². The van der Waals surface area contributed by atoms with Gasteiger partial charge in [-0.3, -0.25) is 0 Å². The van der Waals surface area contributed by atoms with E-state index < -0.39 is 0 Å². The van der Waals surface area contributed by atoms with E-state index in [0.29, 0.717) is 6.61 Å². The molecule has 0 spiro atoms. The maximum atomic E-state index is 12.1. The SMILES string of the molecule is C=Cc1ccc(NC(=O)NC2(COC)CCCC2)cc1. The van der Waals surface area contributed by atoms with Gasteiger partial charge in [0.1, 0.15) is 0 Å². The number of methoxy groups -OCH3 is 1. The summed E-state index contributed by atoms with van der Waals surface area (Å²) in [6.07, 6.45) is 6.00. The van der Waals surface area contributed by atoms with Crippen LogP contribution in [-0.2, 0) is 4.74 Å². The molecule has 108 valence electrons. The van der Waals surface area contributed by atoms with Gasteiger partial charge >= 0.3 is 6.03 Å². The number of ether oxygens (including phenoxy) is 1. The van der Waals surface area contributed by atoms with Crippen molar-refractivity contribution >= 4 is 17.8 Å². The summed E-state index contributed by atoms with van der Waals surface area (Å²) in [5.74, 6) is 0. The van der Waals surface area contributed by atoms with Crippen molar-refractivity contribution in [3.05, 3.63) is 36.4 Å². The van der Waals surface area contributed by atoms with Gasteiger partial charge in [-0.15, -0.1) is 0 Å². The second-order valence-electron chi connectivity index (χ2n) is 5.33. The summed E-state index contributed by atoms with van der Waals surface area (Å²) in [5, 5.41) is 5.94. The van der Waals surface area contributed by atoms with Crippen LogP contribution >= 0.6 is 0 Å². The summed E-state index contributed by atoms with van der Waals surface area (Å²) in [6, 6.07) is 7.41. The molecule has 0 saturated heterocycles. The molecule has 4 nitrogen and oxygen atoms in total. The lowest BCUT2D eigenvalue weighted by Gasteiger charge is -2.29. The number of nitrogens with one attached hydrogen (secondary N) is 2. The molecule has 1 aromatic carbocycles. The number of benzene rings is 1. The maximum absolute atomic E-state index is 12.1. The first-order valence-electron chi connectivity index (χ1n) is 6.98. The molecule has 0 aliphatic heterocycles. The van der Waals surface area contributed by atoms with Crippen LogP contribution < -0.4 is 10.6 Å². The molecule has 2 amide bonds. The van der Waals surface area contributed by atoms with Crippen molar-refractivity contribution in [1.82, 2.24) is 5.32 Å². The standard InChI is InChI=1S/C16H22N2O2/c1-3-13-6-8-14(9-7-13)17-15(19)18-16(12-20-2)10-4-5-11-16/h3,6-9H,1,4-5,10-12H2,2H3,(H2,17,18,19). The van der Waals surface area contributed by atoms with Crippen molar-refractivity contribution in [3.63, 3.8) is 0 Å². The van der Waals surface area contributed by atoms with Gasteiger partial charge in [-0.1, -0.05) is 37.6 Å². The Morgan fingerprint density at radius 3 is 2.55 bits per heavy atom. The summed E-state index contributed by atoms with van der Waals surface area (Å²) in [4.78, 5) is 12.1. The van der Waals surface area contributed by atoms with Gasteiger partial charge in [0, 0.05) is 12.8 Å². The number of rotatable bonds is 5. The van der Waals surface area contributed by atoms with Crippen LogP contribution in [0.5, 0.6) is 0 Å². The lowest BCUT2D eigenvalue weighted by atomic mass is 9.99. The number of hydrogen-bond donors (Lipinski definition) is 2. The molecule has 0 unspecified atom stereocenters. The Morgan fingerprint density at radius 1 is 1.35 bits per heavy atom. The molecule has 1 aromatic rings. The van der Waals surface area contributed by atoms with Gasteiger partial charge in [0.05, 0.1) is 12.1 Å². The lowest BCUT2D eigenvalue weighted by Crippen LogP contribution is -2.51. The van der Waals surface area contributed by atoms with E-state index in [9.17, 15) is 4.79 Å². The highest BCUT2D eigenvalue weighted by Crippen LogP contribution is 2.29. The molecule has 2 N–H and O–H groups in total. The third-order valence-corrected chi connectivity index (χ3v) is 3.76. The maximum Gasteiger partial charge on any atom is 0.319 e. The second kappa shape index (κ2) is 6.57. The van der Waals surface area contributed by atoms with Crippen molar-refractivity contribution < 1.29 is 9.53 Å². The fraction of sp³-hybridized carbons (Fsp3) is 0.438. The zero-order valence-electron chi connectivity index (χ0n) is 11.9. The fourth-order valence-electron chi connectivity index (χ4n) is 2.74. The summed E-state index contributed by atoms with van der Waals surface area (Å²) in [6.45, 7) is 4.27. The molecule has 4 heteroatoms. The Kier molecular flexibility index (Phi) is 4.79. The Balaban J connectivity index is 1.95. The minimum Gasteiger partial charge on any atom is -0.382 e. The predicted octanol–water partition coefficient (Wildman–Crippen LogP) is 3.41. The van der Waals surface area contributed by atoms with E-state index in [-0.39, 0.29) is 11.6 Å². The summed E-state index contributed by atoms with van der Waals surface area (Å²) >= 11 is 0. The molecule has 20 heavy (non-hydrogen) atoms. The molecule has 0 heterocycles. The zero-order chi connectivity index (χ0) is 14.4. The molecule has 1 aliphatic rings. The van der Waals surface area contributed by atoms with Crippen LogP contribution in [0.4, 0.5) is 10.5 Å². The smallest absolute Gasteiger partial charge is 0.319 e. The third-order valence-electron chi connectivity index (χ3n) is 3.76. The monoisotopic (exact) mass is 274 g/mol. The average molecular weight is 274 g/mol. The quantitative estimate of drug-likeness (QED) is 0.864. The Bertz CT molecular complexity index is 462. The number of anilines is 1. The van der Waals surface area contributed by atoms with Crippen molar-refractivity contribution in [3.8, 4) is 0 Å². The van der Waals surface area contributed by atoms with Crippen LogP contribution in [0.25, 0.3) is 6.08 Å². The molecule has 0 bridgehead atoms. The number of amides is 2. The van der Waals surface area contributed by atoms with Gasteiger partial charge in [-0.25, -0.2) is 4.79 Å². The van der Waals surface area contributed by atoms with Crippen LogP contribution in [0.2, 0.25) is 0 Å². The van der Waals surface area contributed by atoms with E-state index in [0.717, 1.165) is 36.9 Å². The van der Waals surface area contributed by atoms with Gasteiger partial charge in [-0.05, 0) is 30.5 Å². The van der Waals surface area contributed by atoms with Crippen LogP contribution in [0.15, 0.2) is 30.8 Å². The highest BCUT2D eigenvalue weighted by atomic mass is 16.5. The second-order valence-corrected chi connectivity index (χ2v) is 5.33. The lowest BCUT2D eigenvalue weighted by molar-refractivity contribution is 0.117. The van der Waals surface area contributed by atoms with E-state index in [4.69, 9.17) is 4.74 Å². The molecule has 0 aromatic heterocycles. The molecule has 1 saturated carbocycles. The van der Waals surface area contributed by atoms with E-state index in [1.165, 1.54) is 0 Å². The van der Waals surface area contributed by atoms with E-state index >= 15 is 0 Å². The topological polar surface area (TPSA) is 50.4 Å². The highest BCUT2D eigenvalue weighted by Gasteiger charge is 2.35. The van der Waals surface area contributed by atoms with Gasteiger partial charge in [0.2, 0.25) is 0 Å². The first kappa shape index (κ1) is 14.6. The minimum atomic E-state index is -0.208. The van der Waals surface area contributed by atoms with Crippen LogP contribution in [0.1, 0.15) is 31.2 Å². The first-order valence-corrected chi connectivity index (χ1v) is 6.98. The Morgan fingerprint density at radius 2 is 2.00 bits per heavy atom. The van der Waals surface area contributed by atoms with E-state index in [1.54, 1.807) is 13.2 Å². The number of hydrogen-bond acceptors (Lipinski definition) is 2. The molecular weight excluding hydrogens is 252 g/mol. The van der Waals surface area contributed by atoms with Crippen molar-refractivity contribution in [2.45, 2.75) is 31.2 Å². The highest BCUT2D eigenvalue weighted by molar-refractivity contribution is 5.89. The van der Waals surface area contributed by atoms with Crippen LogP contribution in [-0.4, -0.2) is 25.3 Å². The fourth-order valence-corrected chi connectivity index (χ4v) is 2.74. The van der Waals surface area contributed by atoms with Gasteiger partial charge in [-0.2, -0.15) is 0 Å². The minimum absolute atomic E-state index is 0.171. The van der Waals surface area contributed by atoms with E-state index in [1.807, 2.05) is 24.3 Å². The number of carbonyl (C=O) groups excluding carboxylic acids is 1. The third kappa shape index (κ3) is 3.61. The molecule has 0 radical (unpaired) electrons. The number of urea groups is 1. The normalized spacial score (nSPS) is 16.6. The largest absolute Gasteiger partial charge is 0.382 e. The molecule has 2 rings (SSSR count). The van der Waals surface area contributed by atoms with E-state index in [2.05, 4.69) is 17.2 Å². The first-order chi connectivity index (χ1) is 9.67. The summed E-state index contributed by atoms with van der Waals surface area (Å²) in [5.41, 5.74) is 1.60. The molecular formula is C16H22N2O2. The van der Waals surface area contributed by atoms with Crippen molar-refractivity contribution in [2.75, 3.05) is 19.0 Å². The van der Waals surface area contributed by atoms with Crippen molar-refractivity contribution in [1.29, 1.82) is 0 Å². The van der Waals surface area contributed by atoms with Gasteiger partial charge in [0.25, 0.3) is 0 Å².